The molecule has 1 aliphatic heterocycles. The maximum atomic E-state index is 13.2. The standard InChI is InChI=1S/C28H36N2O6/c1-17(2)16-36-22-11-9-20(14-18(22)3)26(32)24-25(19-8-10-21(31)23(15-19)35-6)30(28(34)27(24)33)13-7-12-29(4)5/h8-11,14-15,17,25,31-32H,7,12-13,16H2,1-6H3/t25-/m1/s1. The van der Waals surface area contributed by atoms with E-state index in [1.165, 1.54) is 18.1 Å². The van der Waals surface area contributed by atoms with E-state index < -0.39 is 17.7 Å². The van der Waals surface area contributed by atoms with Crippen molar-refractivity contribution in [2.75, 3.05) is 40.9 Å². The first-order valence-electron chi connectivity index (χ1n) is 12.1. The molecule has 1 saturated heterocycles. The number of carbonyl (C=O) groups excluding carboxylic acids is 2. The number of Topliss-reactive ketones (excluding diaryl/α,β-unsaturated/α-hetero) is 1. The number of benzene rings is 2. The summed E-state index contributed by atoms with van der Waals surface area (Å²) in [5, 5.41) is 21.4. The number of phenolic OH excluding ortho intramolecular Hbond substituents is 1. The van der Waals surface area contributed by atoms with Gasteiger partial charge in [0.15, 0.2) is 11.5 Å². The fourth-order valence-electron chi connectivity index (χ4n) is 4.25. The van der Waals surface area contributed by atoms with Gasteiger partial charge < -0.3 is 29.5 Å². The van der Waals surface area contributed by atoms with Crippen molar-refractivity contribution >= 4 is 17.4 Å². The molecule has 2 aromatic rings. The van der Waals surface area contributed by atoms with E-state index in [-0.39, 0.29) is 22.8 Å². The molecule has 36 heavy (non-hydrogen) atoms. The molecule has 8 heteroatoms. The molecule has 2 aromatic carbocycles. The van der Waals surface area contributed by atoms with Gasteiger partial charge in [0.2, 0.25) is 0 Å². The Labute approximate surface area is 212 Å². The van der Waals surface area contributed by atoms with E-state index in [4.69, 9.17) is 9.47 Å². The highest BCUT2D eigenvalue weighted by Gasteiger charge is 2.46. The minimum atomic E-state index is -0.821. The lowest BCUT2D eigenvalue weighted by Gasteiger charge is -2.26. The Morgan fingerprint density at radius 3 is 2.44 bits per heavy atom. The van der Waals surface area contributed by atoms with Crippen LogP contribution in [0.1, 0.15) is 43.0 Å². The quantitative estimate of drug-likeness (QED) is 0.290. The molecule has 0 spiro atoms. The number of nitrogens with zero attached hydrogens (tertiary/aromatic N) is 2. The number of rotatable bonds is 10. The van der Waals surface area contributed by atoms with Crippen molar-refractivity contribution in [3.63, 3.8) is 0 Å². The van der Waals surface area contributed by atoms with Crippen molar-refractivity contribution in [1.82, 2.24) is 9.80 Å². The van der Waals surface area contributed by atoms with Gasteiger partial charge in [-0.05, 0) is 81.4 Å². The lowest BCUT2D eigenvalue weighted by atomic mass is 9.94. The maximum absolute atomic E-state index is 13.2. The van der Waals surface area contributed by atoms with Gasteiger partial charge in [0, 0.05) is 12.1 Å². The molecule has 1 amide bonds. The average Bonchev–Trinajstić information content (AvgIpc) is 3.07. The molecule has 2 N–H and O–H groups in total. The van der Waals surface area contributed by atoms with Crippen molar-refractivity contribution in [1.29, 1.82) is 0 Å². The number of ketones is 1. The van der Waals surface area contributed by atoms with Gasteiger partial charge in [0.05, 0.1) is 25.3 Å². The molecule has 0 radical (unpaired) electrons. The fraction of sp³-hybridized carbons (Fsp3) is 0.429. The number of aliphatic hydroxyl groups excluding tert-OH is 1. The Bertz CT molecular complexity index is 1150. The first-order valence-corrected chi connectivity index (χ1v) is 12.1. The Morgan fingerprint density at radius 1 is 1.11 bits per heavy atom. The van der Waals surface area contributed by atoms with E-state index in [2.05, 4.69) is 13.8 Å². The second-order valence-corrected chi connectivity index (χ2v) is 9.77. The molecule has 1 fully saturated rings. The number of aliphatic hydroxyl groups is 1. The number of methoxy groups -OCH3 is 1. The van der Waals surface area contributed by atoms with Crippen LogP contribution in [0.3, 0.4) is 0 Å². The Morgan fingerprint density at radius 2 is 1.83 bits per heavy atom. The van der Waals surface area contributed by atoms with Crippen molar-refractivity contribution in [2.45, 2.75) is 33.2 Å². The van der Waals surface area contributed by atoms with Crippen LogP contribution in [-0.4, -0.2) is 72.6 Å². The summed E-state index contributed by atoms with van der Waals surface area (Å²) in [7, 11) is 5.30. The zero-order chi connectivity index (χ0) is 26.6. The molecule has 1 heterocycles. The van der Waals surface area contributed by atoms with Crippen LogP contribution in [0.4, 0.5) is 0 Å². The molecule has 1 aliphatic rings. The Balaban J connectivity index is 2.09. The van der Waals surface area contributed by atoms with E-state index in [0.29, 0.717) is 42.4 Å². The summed E-state index contributed by atoms with van der Waals surface area (Å²) in [6.07, 6.45) is 0.646. The predicted molar refractivity (Wildman–Crippen MR) is 138 cm³/mol. The monoisotopic (exact) mass is 496 g/mol. The normalized spacial score (nSPS) is 17.3. The summed E-state index contributed by atoms with van der Waals surface area (Å²) in [5.74, 6) is -0.438. The number of aromatic hydroxyl groups is 1. The molecule has 0 unspecified atom stereocenters. The number of hydrogen-bond acceptors (Lipinski definition) is 7. The molecule has 0 bridgehead atoms. The average molecular weight is 497 g/mol. The first kappa shape index (κ1) is 27.1. The summed E-state index contributed by atoms with van der Waals surface area (Å²) in [4.78, 5) is 29.8. The molecule has 0 aromatic heterocycles. The number of phenols is 1. The third-order valence-corrected chi connectivity index (χ3v) is 6.08. The fourth-order valence-corrected chi connectivity index (χ4v) is 4.25. The van der Waals surface area contributed by atoms with Crippen LogP contribution in [0.5, 0.6) is 17.2 Å². The van der Waals surface area contributed by atoms with Crippen molar-refractivity contribution in [3.8, 4) is 17.2 Å². The van der Waals surface area contributed by atoms with Gasteiger partial charge in [-0.3, -0.25) is 9.59 Å². The molecule has 3 rings (SSSR count). The summed E-state index contributed by atoms with van der Waals surface area (Å²) in [6.45, 7) is 7.61. The van der Waals surface area contributed by atoms with E-state index in [1.54, 1.807) is 30.3 Å². The molecular formula is C28H36N2O6. The smallest absolute Gasteiger partial charge is 0.295 e. The van der Waals surface area contributed by atoms with Gasteiger partial charge in [-0.25, -0.2) is 0 Å². The van der Waals surface area contributed by atoms with Crippen molar-refractivity contribution in [3.05, 3.63) is 58.7 Å². The third kappa shape index (κ3) is 5.82. The van der Waals surface area contributed by atoms with Gasteiger partial charge in [-0.15, -0.1) is 0 Å². The number of ether oxygens (including phenoxy) is 2. The van der Waals surface area contributed by atoms with Crippen molar-refractivity contribution < 1.29 is 29.3 Å². The van der Waals surface area contributed by atoms with Crippen LogP contribution in [0.2, 0.25) is 0 Å². The number of carbonyl (C=O) groups is 2. The Kier molecular flexibility index (Phi) is 8.63. The summed E-state index contributed by atoms with van der Waals surface area (Å²) in [6, 6.07) is 9.06. The SMILES string of the molecule is COc1cc([C@@H]2C(=C(O)c3ccc(OCC(C)C)c(C)c3)C(=O)C(=O)N2CCCN(C)C)ccc1O. The number of hydrogen-bond donors (Lipinski definition) is 2. The second-order valence-electron chi connectivity index (χ2n) is 9.77. The summed E-state index contributed by atoms with van der Waals surface area (Å²) in [5.41, 5.74) is 1.80. The zero-order valence-corrected chi connectivity index (χ0v) is 21.9. The van der Waals surface area contributed by atoms with Gasteiger partial charge in [0.25, 0.3) is 11.7 Å². The minimum absolute atomic E-state index is 0.00726. The van der Waals surface area contributed by atoms with E-state index in [1.807, 2.05) is 25.9 Å². The van der Waals surface area contributed by atoms with Gasteiger partial charge >= 0.3 is 0 Å². The highest BCUT2D eigenvalue weighted by atomic mass is 16.5. The maximum Gasteiger partial charge on any atom is 0.295 e. The highest BCUT2D eigenvalue weighted by molar-refractivity contribution is 6.46. The van der Waals surface area contributed by atoms with Crippen LogP contribution in [0.25, 0.3) is 5.76 Å². The lowest BCUT2D eigenvalue weighted by molar-refractivity contribution is -0.139. The van der Waals surface area contributed by atoms with Gasteiger partial charge in [-0.1, -0.05) is 19.9 Å². The van der Waals surface area contributed by atoms with E-state index in [0.717, 1.165) is 12.1 Å². The van der Waals surface area contributed by atoms with Crippen molar-refractivity contribution in [2.24, 2.45) is 5.92 Å². The molecular weight excluding hydrogens is 460 g/mol. The lowest BCUT2D eigenvalue weighted by Crippen LogP contribution is -2.32. The summed E-state index contributed by atoms with van der Waals surface area (Å²) >= 11 is 0. The molecule has 194 valence electrons. The number of amides is 1. The van der Waals surface area contributed by atoms with Crippen LogP contribution in [0.15, 0.2) is 42.0 Å². The number of likely N-dealkylation sites (tertiary alicyclic amines) is 1. The van der Waals surface area contributed by atoms with Gasteiger partial charge in [0.1, 0.15) is 11.5 Å². The zero-order valence-electron chi connectivity index (χ0n) is 21.9. The van der Waals surface area contributed by atoms with E-state index >= 15 is 0 Å². The summed E-state index contributed by atoms with van der Waals surface area (Å²) < 4.78 is 11.1. The molecule has 0 aliphatic carbocycles. The van der Waals surface area contributed by atoms with Crippen LogP contribution in [-0.2, 0) is 9.59 Å². The Hall–Kier alpha value is -3.52. The third-order valence-electron chi connectivity index (χ3n) is 6.08. The van der Waals surface area contributed by atoms with E-state index in [9.17, 15) is 19.8 Å². The van der Waals surface area contributed by atoms with Crippen LogP contribution < -0.4 is 9.47 Å². The molecule has 1 atom stereocenters. The first-order chi connectivity index (χ1) is 17.0. The van der Waals surface area contributed by atoms with Gasteiger partial charge in [-0.2, -0.15) is 0 Å². The molecule has 8 nitrogen and oxygen atoms in total. The largest absolute Gasteiger partial charge is 0.507 e. The highest BCUT2D eigenvalue weighted by Crippen LogP contribution is 2.42. The topological polar surface area (TPSA) is 99.5 Å². The molecule has 0 saturated carbocycles. The predicted octanol–water partition coefficient (Wildman–Crippen LogP) is 4.12. The number of aryl methyl sites for hydroxylation is 1. The second kappa shape index (κ2) is 11.5. The van der Waals surface area contributed by atoms with Crippen LogP contribution in [0, 0.1) is 12.8 Å². The van der Waals surface area contributed by atoms with Crippen LogP contribution >= 0.6 is 0 Å². The minimum Gasteiger partial charge on any atom is -0.507 e.